The third-order valence-electron chi connectivity index (χ3n) is 4.57. The Labute approximate surface area is 160 Å². The first kappa shape index (κ1) is 17.3. The van der Waals surface area contributed by atoms with Gasteiger partial charge in [0.1, 0.15) is 9.88 Å². The summed E-state index contributed by atoms with van der Waals surface area (Å²) in [6.45, 7) is 6.14. The van der Waals surface area contributed by atoms with Gasteiger partial charge in [-0.15, -0.1) is 11.3 Å². The molecule has 5 nitrogen and oxygen atoms in total. The summed E-state index contributed by atoms with van der Waals surface area (Å²) in [5, 5.41) is 5.04. The predicted molar refractivity (Wildman–Crippen MR) is 106 cm³/mol. The van der Waals surface area contributed by atoms with Crippen LogP contribution in [0.3, 0.4) is 0 Å². The van der Waals surface area contributed by atoms with Crippen molar-refractivity contribution in [1.29, 1.82) is 0 Å². The molecule has 1 saturated heterocycles. The molecule has 0 spiro atoms. The van der Waals surface area contributed by atoms with Crippen LogP contribution in [0.1, 0.15) is 20.9 Å². The van der Waals surface area contributed by atoms with Crippen LogP contribution < -0.4 is 0 Å². The number of hydrogen-bond donors (Lipinski definition) is 0. The standard InChI is InChI=1S/C19H20N4OS2/c1-14-17(26-18(21-14)16-4-11-25-13-16)19(24)23-9-7-22(8-10-23)12-15-2-5-20-6-3-15/h2-6,11,13H,7-10,12H2,1H3. The van der Waals surface area contributed by atoms with Crippen molar-refractivity contribution < 1.29 is 4.79 Å². The van der Waals surface area contributed by atoms with Crippen molar-refractivity contribution in [3.8, 4) is 10.6 Å². The lowest BCUT2D eigenvalue weighted by molar-refractivity contribution is 0.0632. The maximum Gasteiger partial charge on any atom is 0.265 e. The summed E-state index contributed by atoms with van der Waals surface area (Å²) < 4.78 is 0. The molecule has 0 unspecified atom stereocenters. The topological polar surface area (TPSA) is 49.3 Å². The molecule has 4 rings (SSSR count). The molecule has 26 heavy (non-hydrogen) atoms. The minimum atomic E-state index is 0.116. The number of thiazole rings is 1. The summed E-state index contributed by atoms with van der Waals surface area (Å²) in [6, 6.07) is 6.14. The van der Waals surface area contributed by atoms with E-state index in [9.17, 15) is 4.79 Å². The molecule has 3 aromatic heterocycles. The molecule has 0 radical (unpaired) electrons. The molecular weight excluding hydrogens is 364 g/mol. The summed E-state index contributed by atoms with van der Waals surface area (Å²) in [6.07, 6.45) is 3.65. The number of thiophene rings is 1. The molecule has 0 N–H and O–H groups in total. The molecule has 7 heteroatoms. The Balaban J connectivity index is 1.39. The quantitative estimate of drug-likeness (QED) is 0.690. The number of piperazine rings is 1. The molecule has 1 aliphatic heterocycles. The predicted octanol–water partition coefficient (Wildman–Crippen LogP) is 3.53. The average molecular weight is 385 g/mol. The van der Waals surface area contributed by atoms with Crippen LogP contribution in [0, 0.1) is 6.92 Å². The number of aromatic nitrogens is 2. The van der Waals surface area contributed by atoms with Crippen LogP contribution in [0.15, 0.2) is 41.4 Å². The van der Waals surface area contributed by atoms with Gasteiger partial charge in [-0.1, -0.05) is 0 Å². The van der Waals surface area contributed by atoms with Crippen molar-refractivity contribution in [3.63, 3.8) is 0 Å². The van der Waals surface area contributed by atoms with Crippen LogP contribution in [0.5, 0.6) is 0 Å². The Morgan fingerprint density at radius 2 is 1.92 bits per heavy atom. The molecule has 4 heterocycles. The first-order chi connectivity index (χ1) is 12.7. The molecule has 0 aliphatic carbocycles. The molecular formula is C19H20N4OS2. The van der Waals surface area contributed by atoms with E-state index < -0.39 is 0 Å². The Bertz CT molecular complexity index is 868. The highest BCUT2D eigenvalue weighted by Crippen LogP contribution is 2.30. The van der Waals surface area contributed by atoms with Gasteiger partial charge in [-0.3, -0.25) is 14.7 Å². The number of carbonyl (C=O) groups excluding carboxylic acids is 1. The Morgan fingerprint density at radius 1 is 1.15 bits per heavy atom. The number of carbonyl (C=O) groups is 1. The minimum absolute atomic E-state index is 0.116. The summed E-state index contributed by atoms with van der Waals surface area (Å²) >= 11 is 3.15. The number of aryl methyl sites for hydroxylation is 1. The lowest BCUT2D eigenvalue weighted by Crippen LogP contribution is -2.48. The number of hydrogen-bond acceptors (Lipinski definition) is 6. The smallest absolute Gasteiger partial charge is 0.265 e. The van der Waals surface area contributed by atoms with Gasteiger partial charge in [-0.05, 0) is 36.1 Å². The molecule has 0 atom stereocenters. The van der Waals surface area contributed by atoms with Crippen molar-refractivity contribution >= 4 is 28.6 Å². The van der Waals surface area contributed by atoms with E-state index in [4.69, 9.17) is 0 Å². The van der Waals surface area contributed by atoms with E-state index in [1.807, 2.05) is 41.7 Å². The first-order valence-electron chi connectivity index (χ1n) is 8.61. The van der Waals surface area contributed by atoms with Gasteiger partial charge in [0.25, 0.3) is 5.91 Å². The molecule has 3 aromatic rings. The van der Waals surface area contributed by atoms with Gasteiger partial charge in [0.15, 0.2) is 0 Å². The number of pyridine rings is 1. The second-order valence-electron chi connectivity index (χ2n) is 6.37. The fourth-order valence-corrected chi connectivity index (χ4v) is 4.85. The van der Waals surface area contributed by atoms with E-state index in [0.29, 0.717) is 0 Å². The van der Waals surface area contributed by atoms with E-state index in [-0.39, 0.29) is 5.91 Å². The summed E-state index contributed by atoms with van der Waals surface area (Å²) in [4.78, 5) is 26.7. The van der Waals surface area contributed by atoms with Crippen molar-refractivity contribution in [3.05, 3.63) is 57.5 Å². The van der Waals surface area contributed by atoms with Gasteiger partial charge >= 0.3 is 0 Å². The summed E-state index contributed by atoms with van der Waals surface area (Å²) in [5.41, 5.74) is 3.20. The highest BCUT2D eigenvalue weighted by Gasteiger charge is 2.25. The van der Waals surface area contributed by atoms with E-state index in [0.717, 1.165) is 53.9 Å². The lowest BCUT2D eigenvalue weighted by atomic mass is 10.2. The number of rotatable bonds is 4. The van der Waals surface area contributed by atoms with Gasteiger partial charge in [0.05, 0.1) is 5.69 Å². The van der Waals surface area contributed by atoms with Crippen LogP contribution in [-0.2, 0) is 6.54 Å². The number of amides is 1. The van der Waals surface area contributed by atoms with E-state index in [1.54, 1.807) is 11.3 Å². The highest BCUT2D eigenvalue weighted by atomic mass is 32.1. The average Bonchev–Trinajstić information content (AvgIpc) is 3.32. The number of nitrogens with zero attached hydrogens (tertiary/aromatic N) is 4. The van der Waals surface area contributed by atoms with Gasteiger partial charge in [-0.2, -0.15) is 11.3 Å². The Morgan fingerprint density at radius 3 is 2.62 bits per heavy atom. The van der Waals surface area contributed by atoms with Gasteiger partial charge < -0.3 is 4.90 Å². The van der Waals surface area contributed by atoms with Crippen molar-refractivity contribution in [1.82, 2.24) is 19.8 Å². The van der Waals surface area contributed by atoms with E-state index >= 15 is 0 Å². The maximum absolute atomic E-state index is 12.9. The second-order valence-corrected chi connectivity index (χ2v) is 8.15. The summed E-state index contributed by atoms with van der Waals surface area (Å²) in [5.74, 6) is 0.116. The van der Waals surface area contributed by atoms with Crippen LogP contribution in [-0.4, -0.2) is 51.9 Å². The van der Waals surface area contributed by atoms with E-state index in [2.05, 4.69) is 26.3 Å². The molecule has 0 aromatic carbocycles. The Kier molecular flexibility index (Phi) is 5.10. The third kappa shape index (κ3) is 3.70. The maximum atomic E-state index is 12.9. The minimum Gasteiger partial charge on any atom is -0.335 e. The van der Waals surface area contributed by atoms with Crippen LogP contribution in [0.4, 0.5) is 0 Å². The Hall–Kier alpha value is -2.09. The van der Waals surface area contributed by atoms with Crippen LogP contribution in [0.25, 0.3) is 10.6 Å². The van der Waals surface area contributed by atoms with Crippen LogP contribution >= 0.6 is 22.7 Å². The SMILES string of the molecule is Cc1nc(-c2ccsc2)sc1C(=O)N1CCN(Cc2ccncc2)CC1. The van der Waals surface area contributed by atoms with Crippen molar-refractivity contribution in [2.45, 2.75) is 13.5 Å². The largest absolute Gasteiger partial charge is 0.335 e. The zero-order valence-electron chi connectivity index (χ0n) is 14.6. The molecule has 134 valence electrons. The first-order valence-corrected chi connectivity index (χ1v) is 10.4. The van der Waals surface area contributed by atoms with Gasteiger partial charge in [-0.25, -0.2) is 4.98 Å². The highest BCUT2D eigenvalue weighted by molar-refractivity contribution is 7.17. The molecule has 1 fully saturated rings. The lowest BCUT2D eigenvalue weighted by Gasteiger charge is -2.34. The zero-order valence-corrected chi connectivity index (χ0v) is 16.2. The monoisotopic (exact) mass is 384 g/mol. The van der Waals surface area contributed by atoms with Crippen molar-refractivity contribution in [2.75, 3.05) is 26.2 Å². The van der Waals surface area contributed by atoms with E-state index in [1.165, 1.54) is 16.9 Å². The molecule has 1 amide bonds. The molecule has 0 bridgehead atoms. The second kappa shape index (κ2) is 7.65. The molecule has 0 saturated carbocycles. The van der Waals surface area contributed by atoms with Crippen LogP contribution in [0.2, 0.25) is 0 Å². The molecule has 1 aliphatic rings. The fourth-order valence-electron chi connectivity index (χ4n) is 3.10. The summed E-state index contributed by atoms with van der Waals surface area (Å²) in [7, 11) is 0. The normalized spacial score (nSPS) is 15.3. The van der Waals surface area contributed by atoms with Crippen molar-refractivity contribution in [2.24, 2.45) is 0 Å². The fraction of sp³-hybridized carbons (Fsp3) is 0.316. The zero-order chi connectivity index (χ0) is 17.9. The van der Waals surface area contributed by atoms with Gasteiger partial charge in [0.2, 0.25) is 0 Å². The third-order valence-corrected chi connectivity index (χ3v) is 6.45. The van der Waals surface area contributed by atoms with Gasteiger partial charge in [0, 0.05) is 56.1 Å².